The maximum atomic E-state index is 12.0. The van der Waals surface area contributed by atoms with Crippen molar-refractivity contribution in [2.24, 2.45) is 0 Å². The van der Waals surface area contributed by atoms with Gasteiger partial charge in [-0.2, -0.15) is 0 Å². The molecule has 0 bridgehead atoms. The van der Waals surface area contributed by atoms with E-state index in [1.54, 1.807) is 17.5 Å². The average Bonchev–Trinajstić information content (AvgIpc) is 2.73. The van der Waals surface area contributed by atoms with Crippen LogP contribution in [0.3, 0.4) is 0 Å². The number of thiazole rings is 1. The largest absolute Gasteiger partial charge is 0.398 e. The van der Waals surface area contributed by atoms with Crippen molar-refractivity contribution >= 4 is 27.0 Å². The number of benzene rings is 1. The number of nitrogen functional groups attached to an aromatic ring is 1. The van der Waals surface area contributed by atoms with E-state index in [1.165, 1.54) is 12.1 Å². The fraction of sp³-hybridized carbons (Fsp3) is 0.100. The van der Waals surface area contributed by atoms with E-state index in [0.717, 1.165) is 11.3 Å². The molecule has 0 atom stereocenters. The van der Waals surface area contributed by atoms with Gasteiger partial charge in [0.25, 0.3) is 0 Å². The highest BCUT2D eigenvalue weighted by Crippen LogP contribution is 2.16. The van der Waals surface area contributed by atoms with Crippen LogP contribution < -0.4 is 15.3 Å². The number of sulfonamides is 1. The first-order chi connectivity index (χ1) is 8.49. The predicted octanol–water partition coefficient (Wildman–Crippen LogP) is 0.497. The Kier molecular flexibility index (Phi) is 3.50. The normalized spacial score (nSPS) is 11.6. The molecule has 2 rings (SSSR count). The van der Waals surface area contributed by atoms with E-state index in [-0.39, 0.29) is 22.0 Å². The molecule has 0 saturated carbocycles. The highest BCUT2D eigenvalue weighted by Gasteiger charge is 2.16. The van der Waals surface area contributed by atoms with Crippen LogP contribution in [-0.2, 0) is 16.6 Å². The Labute approximate surface area is 108 Å². The molecular formula is C10H11N3O3S2. The summed E-state index contributed by atoms with van der Waals surface area (Å²) in [6, 6.07) is 6.19. The molecule has 0 unspecified atom stereocenters. The summed E-state index contributed by atoms with van der Waals surface area (Å²) in [5.74, 6) is 0. The molecule has 0 fully saturated rings. The molecule has 1 aromatic carbocycles. The maximum absolute atomic E-state index is 12.0. The van der Waals surface area contributed by atoms with Crippen LogP contribution in [0.4, 0.5) is 5.69 Å². The highest BCUT2D eigenvalue weighted by atomic mass is 32.2. The summed E-state index contributed by atoms with van der Waals surface area (Å²) in [7, 11) is -3.67. The first-order valence-electron chi connectivity index (χ1n) is 5.00. The van der Waals surface area contributed by atoms with Crippen molar-refractivity contribution < 1.29 is 8.42 Å². The molecule has 0 saturated heterocycles. The Hall–Kier alpha value is -1.64. The van der Waals surface area contributed by atoms with Gasteiger partial charge in [0.2, 0.25) is 10.0 Å². The Morgan fingerprint density at radius 3 is 2.67 bits per heavy atom. The molecule has 2 aromatic rings. The van der Waals surface area contributed by atoms with E-state index in [1.807, 2.05) is 0 Å². The third-order valence-corrected chi connectivity index (χ3v) is 4.43. The Morgan fingerprint density at radius 1 is 1.33 bits per heavy atom. The van der Waals surface area contributed by atoms with E-state index in [9.17, 15) is 13.2 Å². The van der Waals surface area contributed by atoms with Gasteiger partial charge in [-0.1, -0.05) is 23.5 Å². The summed E-state index contributed by atoms with van der Waals surface area (Å²) in [5.41, 5.74) is 6.31. The van der Waals surface area contributed by atoms with Crippen LogP contribution in [0.15, 0.2) is 39.3 Å². The number of aromatic nitrogens is 1. The number of nitrogens with two attached hydrogens (primary N) is 1. The molecule has 96 valence electrons. The van der Waals surface area contributed by atoms with Crippen molar-refractivity contribution in [1.29, 1.82) is 0 Å². The number of H-pyrrole nitrogens is 1. The standard InChI is InChI=1S/C10H11N3O3S2/c11-8-3-1-2-4-9(8)18(15,16)12-5-7-6-17-10(14)13-7/h1-4,6,12H,5,11H2,(H,13,14). The minimum absolute atomic E-state index is 0.0232. The van der Waals surface area contributed by atoms with Gasteiger partial charge >= 0.3 is 4.87 Å². The SMILES string of the molecule is Nc1ccccc1S(=O)(=O)NCc1csc(=O)[nH]1. The lowest BCUT2D eigenvalue weighted by Crippen LogP contribution is -2.24. The van der Waals surface area contributed by atoms with Gasteiger partial charge in [-0.05, 0) is 12.1 Å². The topological polar surface area (TPSA) is 105 Å². The van der Waals surface area contributed by atoms with E-state index < -0.39 is 10.0 Å². The third kappa shape index (κ3) is 2.78. The number of rotatable bonds is 4. The quantitative estimate of drug-likeness (QED) is 0.711. The minimum atomic E-state index is -3.67. The molecule has 1 heterocycles. The first-order valence-corrected chi connectivity index (χ1v) is 7.36. The van der Waals surface area contributed by atoms with Crippen LogP contribution >= 0.6 is 11.3 Å². The number of hydrogen-bond acceptors (Lipinski definition) is 5. The molecule has 6 nitrogen and oxygen atoms in total. The van der Waals surface area contributed by atoms with Crippen LogP contribution in [0.2, 0.25) is 0 Å². The van der Waals surface area contributed by atoms with Crippen molar-refractivity contribution in [1.82, 2.24) is 9.71 Å². The van der Waals surface area contributed by atoms with Crippen molar-refractivity contribution in [2.45, 2.75) is 11.4 Å². The number of aromatic amines is 1. The molecule has 1 aromatic heterocycles. The molecule has 18 heavy (non-hydrogen) atoms. The third-order valence-electron chi connectivity index (χ3n) is 2.23. The van der Waals surface area contributed by atoms with Crippen molar-refractivity contribution in [3.8, 4) is 0 Å². The zero-order chi connectivity index (χ0) is 13.2. The predicted molar refractivity (Wildman–Crippen MR) is 69.8 cm³/mol. The highest BCUT2D eigenvalue weighted by molar-refractivity contribution is 7.89. The van der Waals surface area contributed by atoms with Gasteiger partial charge in [-0.15, -0.1) is 0 Å². The summed E-state index contributed by atoms with van der Waals surface area (Å²) < 4.78 is 26.3. The van der Waals surface area contributed by atoms with Gasteiger partial charge in [0.05, 0.1) is 12.2 Å². The second-order valence-corrected chi connectivity index (χ2v) is 6.11. The molecule has 0 aliphatic heterocycles. The lowest BCUT2D eigenvalue weighted by atomic mass is 10.3. The first kappa shape index (κ1) is 12.8. The minimum Gasteiger partial charge on any atom is -0.398 e. The monoisotopic (exact) mass is 285 g/mol. The Morgan fingerprint density at radius 2 is 2.06 bits per heavy atom. The van der Waals surface area contributed by atoms with Gasteiger partial charge in [0.15, 0.2) is 0 Å². The molecule has 0 aliphatic rings. The number of hydrogen-bond donors (Lipinski definition) is 3. The smallest absolute Gasteiger partial charge is 0.304 e. The van der Waals surface area contributed by atoms with Crippen LogP contribution in [0.25, 0.3) is 0 Å². The molecule has 0 aliphatic carbocycles. The van der Waals surface area contributed by atoms with E-state index >= 15 is 0 Å². The van der Waals surface area contributed by atoms with Crippen molar-refractivity contribution in [2.75, 3.05) is 5.73 Å². The second kappa shape index (κ2) is 4.92. The van der Waals surface area contributed by atoms with Crippen LogP contribution in [0.1, 0.15) is 5.69 Å². The van der Waals surface area contributed by atoms with Gasteiger partial charge in [-0.25, -0.2) is 13.1 Å². The summed E-state index contributed by atoms with van der Waals surface area (Å²) in [6.07, 6.45) is 0. The van der Waals surface area contributed by atoms with Gasteiger partial charge < -0.3 is 10.7 Å². The molecule has 0 spiro atoms. The van der Waals surface area contributed by atoms with Crippen molar-refractivity contribution in [3.63, 3.8) is 0 Å². The zero-order valence-electron chi connectivity index (χ0n) is 9.21. The van der Waals surface area contributed by atoms with Crippen LogP contribution in [0.5, 0.6) is 0 Å². The van der Waals surface area contributed by atoms with E-state index in [0.29, 0.717) is 5.69 Å². The maximum Gasteiger partial charge on any atom is 0.304 e. The average molecular weight is 285 g/mol. The summed E-state index contributed by atoms with van der Waals surface area (Å²) in [5, 5.41) is 1.57. The Balaban J connectivity index is 2.18. The summed E-state index contributed by atoms with van der Waals surface area (Å²) in [6.45, 7) is 0.0232. The van der Waals surface area contributed by atoms with Gasteiger partial charge in [0.1, 0.15) is 4.90 Å². The second-order valence-electron chi connectivity index (χ2n) is 3.54. The van der Waals surface area contributed by atoms with E-state index in [2.05, 4.69) is 9.71 Å². The van der Waals surface area contributed by atoms with Gasteiger partial charge in [-0.3, -0.25) is 4.79 Å². The van der Waals surface area contributed by atoms with Crippen molar-refractivity contribution in [3.05, 3.63) is 45.0 Å². The molecular weight excluding hydrogens is 274 g/mol. The summed E-state index contributed by atoms with van der Waals surface area (Å²) in [4.78, 5) is 13.2. The molecule has 8 heteroatoms. The van der Waals surface area contributed by atoms with Crippen LogP contribution in [-0.4, -0.2) is 13.4 Å². The molecule has 0 radical (unpaired) electrons. The number of anilines is 1. The fourth-order valence-electron chi connectivity index (χ4n) is 1.38. The van der Waals surface area contributed by atoms with Gasteiger partial charge in [0, 0.05) is 11.1 Å². The van der Waals surface area contributed by atoms with E-state index in [4.69, 9.17) is 5.73 Å². The summed E-state index contributed by atoms with van der Waals surface area (Å²) >= 11 is 0.983. The molecule has 0 amide bonds. The number of para-hydroxylation sites is 1. The van der Waals surface area contributed by atoms with Crippen LogP contribution in [0, 0.1) is 0 Å². The number of nitrogens with one attached hydrogen (secondary N) is 2. The lowest BCUT2D eigenvalue weighted by molar-refractivity contribution is 0.581. The fourth-order valence-corrected chi connectivity index (χ4v) is 3.09. The lowest BCUT2D eigenvalue weighted by Gasteiger charge is -2.07. The molecule has 4 N–H and O–H groups in total. The zero-order valence-corrected chi connectivity index (χ0v) is 10.8. The Bertz CT molecular complexity index is 703.